The Morgan fingerprint density at radius 2 is 2.03 bits per heavy atom. The Kier molecular flexibility index (Phi) is 7.53. The maximum atomic E-state index is 13.5. The lowest BCUT2D eigenvalue weighted by atomic mass is 9.57. The summed E-state index contributed by atoms with van der Waals surface area (Å²) in [4.78, 5) is 25.3. The van der Waals surface area contributed by atoms with Crippen molar-refractivity contribution in [3.8, 4) is 5.75 Å². The van der Waals surface area contributed by atoms with Crippen molar-refractivity contribution in [1.82, 2.24) is 16.0 Å². The molecule has 3 aliphatic carbocycles. The molecule has 1 aromatic rings. The maximum absolute atomic E-state index is 13.5. The summed E-state index contributed by atoms with van der Waals surface area (Å²) in [6.45, 7) is 0.381. The minimum Gasteiger partial charge on any atom is -0.484 e. The molecule has 2 amide bonds. The number of rotatable bonds is 8. The molecule has 32 heavy (non-hydrogen) atoms. The van der Waals surface area contributed by atoms with E-state index in [4.69, 9.17) is 21.1 Å². The highest BCUT2D eigenvalue weighted by atomic mass is 35.5. The Morgan fingerprint density at radius 1 is 1.22 bits per heavy atom. The summed E-state index contributed by atoms with van der Waals surface area (Å²) < 4.78 is 24.3. The molecule has 1 aliphatic heterocycles. The molecular formula is C23H31ClFN3O4. The molecule has 176 valence electrons. The zero-order valence-electron chi connectivity index (χ0n) is 18.2. The lowest BCUT2D eigenvalue weighted by Gasteiger charge is -2.50. The second-order valence-electron chi connectivity index (χ2n) is 9.14. The predicted octanol–water partition coefficient (Wildman–Crippen LogP) is 2.62. The van der Waals surface area contributed by atoms with Gasteiger partial charge in [0.15, 0.2) is 6.61 Å². The Balaban J connectivity index is 1.23. The van der Waals surface area contributed by atoms with E-state index in [0.717, 1.165) is 38.2 Å². The molecule has 5 rings (SSSR count). The summed E-state index contributed by atoms with van der Waals surface area (Å²) in [5, 5.41) is 9.54. The zero-order valence-corrected chi connectivity index (χ0v) is 19.0. The largest absolute Gasteiger partial charge is 0.484 e. The summed E-state index contributed by atoms with van der Waals surface area (Å²) in [5.74, 6) is 0.175. The normalized spacial score (nSPS) is 31.3. The van der Waals surface area contributed by atoms with Crippen LogP contribution >= 0.6 is 11.6 Å². The number of ether oxygens (including phenoxy) is 2. The number of halogens is 2. The number of nitrogens with one attached hydrogen (secondary N) is 3. The standard InChI is InChI=1S/C23H31ClFN3O4/c1-31-22-4-2-3-15(27-22)11-26-23(30)17-10-20(14-7-13(17)8-14)28-21(29)12-32-16-5-6-18(24)19(25)9-16/h5-6,9,13-15,17,20,22,27H,2-4,7-8,10-12H2,1H3,(H,26,30)(H,28,29). The fourth-order valence-electron chi connectivity index (χ4n) is 5.17. The maximum Gasteiger partial charge on any atom is 0.258 e. The van der Waals surface area contributed by atoms with E-state index in [1.165, 1.54) is 12.1 Å². The average Bonchev–Trinajstić information content (AvgIpc) is 2.77. The average molecular weight is 468 g/mol. The van der Waals surface area contributed by atoms with E-state index >= 15 is 0 Å². The smallest absolute Gasteiger partial charge is 0.258 e. The number of methoxy groups -OCH3 is 1. The molecule has 3 N–H and O–H groups in total. The number of piperidine rings is 1. The lowest BCUT2D eigenvalue weighted by molar-refractivity contribution is -0.136. The number of carbonyl (C=O) groups is 2. The van der Waals surface area contributed by atoms with E-state index in [1.807, 2.05) is 0 Å². The summed E-state index contributed by atoms with van der Waals surface area (Å²) >= 11 is 5.66. The first-order valence-corrected chi connectivity index (χ1v) is 11.7. The van der Waals surface area contributed by atoms with Crippen LogP contribution < -0.4 is 20.7 Å². The fourth-order valence-corrected chi connectivity index (χ4v) is 5.28. The van der Waals surface area contributed by atoms with Crippen LogP contribution in [0.1, 0.15) is 38.5 Å². The van der Waals surface area contributed by atoms with E-state index in [0.29, 0.717) is 24.8 Å². The van der Waals surface area contributed by atoms with Crippen molar-refractivity contribution in [1.29, 1.82) is 0 Å². The second kappa shape index (κ2) is 10.4. The van der Waals surface area contributed by atoms with Gasteiger partial charge in [0.2, 0.25) is 5.91 Å². The molecule has 3 saturated carbocycles. The molecule has 7 nitrogen and oxygen atoms in total. The van der Waals surface area contributed by atoms with Crippen LogP contribution in [0.4, 0.5) is 4.39 Å². The van der Waals surface area contributed by atoms with Gasteiger partial charge in [-0.1, -0.05) is 11.6 Å². The van der Waals surface area contributed by atoms with Crippen LogP contribution in [-0.4, -0.2) is 50.4 Å². The monoisotopic (exact) mass is 467 g/mol. The van der Waals surface area contributed by atoms with Gasteiger partial charge in [0.05, 0.1) is 5.02 Å². The van der Waals surface area contributed by atoms with Crippen LogP contribution in [0, 0.1) is 23.6 Å². The highest BCUT2D eigenvalue weighted by molar-refractivity contribution is 6.30. The molecule has 0 spiro atoms. The Bertz CT molecular complexity index is 835. The molecule has 4 fully saturated rings. The zero-order chi connectivity index (χ0) is 22.7. The summed E-state index contributed by atoms with van der Waals surface area (Å²) in [5.41, 5.74) is 0. The van der Waals surface area contributed by atoms with Gasteiger partial charge in [-0.25, -0.2) is 4.39 Å². The van der Waals surface area contributed by atoms with Crippen LogP contribution in [0.5, 0.6) is 5.75 Å². The molecule has 4 aliphatic rings. The first-order chi connectivity index (χ1) is 15.4. The van der Waals surface area contributed by atoms with Crippen molar-refractivity contribution >= 4 is 23.4 Å². The molecule has 9 heteroatoms. The van der Waals surface area contributed by atoms with Crippen LogP contribution in [0.2, 0.25) is 5.02 Å². The Hall–Kier alpha value is -1.90. The van der Waals surface area contributed by atoms with Gasteiger partial charge in [-0.05, 0) is 62.5 Å². The van der Waals surface area contributed by atoms with E-state index in [-0.39, 0.29) is 53.4 Å². The molecular weight excluding hydrogens is 437 g/mol. The number of hydrogen-bond acceptors (Lipinski definition) is 5. The van der Waals surface area contributed by atoms with Crippen molar-refractivity contribution in [2.45, 2.75) is 56.8 Å². The van der Waals surface area contributed by atoms with Crippen molar-refractivity contribution in [3.63, 3.8) is 0 Å². The quantitative estimate of drug-likeness (QED) is 0.547. The van der Waals surface area contributed by atoms with Gasteiger partial charge >= 0.3 is 0 Å². The van der Waals surface area contributed by atoms with Crippen molar-refractivity contribution in [3.05, 3.63) is 29.0 Å². The molecule has 1 heterocycles. The van der Waals surface area contributed by atoms with E-state index in [1.54, 1.807) is 7.11 Å². The van der Waals surface area contributed by atoms with Gasteiger partial charge in [0.25, 0.3) is 5.91 Å². The third kappa shape index (κ3) is 5.53. The number of fused-ring (bicyclic) bond motifs is 2. The third-order valence-corrected chi connectivity index (χ3v) is 7.36. The van der Waals surface area contributed by atoms with Gasteiger partial charge in [0, 0.05) is 37.7 Å². The predicted molar refractivity (Wildman–Crippen MR) is 118 cm³/mol. The van der Waals surface area contributed by atoms with Gasteiger partial charge < -0.3 is 20.1 Å². The second-order valence-corrected chi connectivity index (χ2v) is 9.54. The molecule has 1 aromatic carbocycles. The van der Waals surface area contributed by atoms with E-state index in [9.17, 15) is 14.0 Å². The first kappa shape index (κ1) is 23.3. The van der Waals surface area contributed by atoms with Crippen LogP contribution in [-0.2, 0) is 14.3 Å². The highest BCUT2D eigenvalue weighted by Crippen LogP contribution is 2.49. The van der Waals surface area contributed by atoms with Crippen molar-refractivity contribution < 1.29 is 23.5 Å². The minimum absolute atomic E-state index is 0.00523. The highest BCUT2D eigenvalue weighted by Gasteiger charge is 2.49. The van der Waals surface area contributed by atoms with Crippen molar-refractivity contribution in [2.24, 2.45) is 17.8 Å². The van der Waals surface area contributed by atoms with Gasteiger partial charge in [0.1, 0.15) is 17.8 Å². The molecule has 4 unspecified atom stereocenters. The molecule has 0 aromatic heterocycles. The van der Waals surface area contributed by atoms with Gasteiger partial charge in [-0.15, -0.1) is 0 Å². The Labute approximate surface area is 192 Å². The number of benzene rings is 1. The lowest BCUT2D eigenvalue weighted by Crippen LogP contribution is -2.57. The van der Waals surface area contributed by atoms with Crippen LogP contribution in [0.25, 0.3) is 0 Å². The molecule has 4 atom stereocenters. The van der Waals surface area contributed by atoms with E-state index < -0.39 is 5.82 Å². The summed E-state index contributed by atoms with van der Waals surface area (Å²) in [6.07, 6.45) is 5.70. The summed E-state index contributed by atoms with van der Waals surface area (Å²) in [6, 6.07) is 4.25. The van der Waals surface area contributed by atoms with E-state index in [2.05, 4.69) is 16.0 Å². The van der Waals surface area contributed by atoms with Crippen LogP contribution in [0.3, 0.4) is 0 Å². The minimum atomic E-state index is -0.590. The number of hydrogen-bond donors (Lipinski definition) is 3. The molecule has 2 bridgehead atoms. The molecule has 1 saturated heterocycles. The Morgan fingerprint density at radius 3 is 2.78 bits per heavy atom. The number of amides is 2. The summed E-state index contributed by atoms with van der Waals surface area (Å²) in [7, 11) is 1.70. The third-order valence-electron chi connectivity index (χ3n) is 7.05. The topological polar surface area (TPSA) is 88.7 Å². The fraction of sp³-hybridized carbons (Fsp3) is 0.652. The van der Waals surface area contributed by atoms with Crippen molar-refractivity contribution in [2.75, 3.05) is 20.3 Å². The SMILES string of the molecule is COC1CCCC(CNC(=O)C2CC(NC(=O)COc3ccc(Cl)c(F)c3)C3CC2C3)N1. The first-order valence-electron chi connectivity index (χ1n) is 11.4. The number of carbonyl (C=O) groups excluding carboxylic acids is 2. The molecule has 0 radical (unpaired) electrons. The van der Waals surface area contributed by atoms with Crippen LogP contribution in [0.15, 0.2) is 18.2 Å². The van der Waals surface area contributed by atoms with Gasteiger partial charge in [-0.3, -0.25) is 14.9 Å². The van der Waals surface area contributed by atoms with Gasteiger partial charge in [-0.2, -0.15) is 0 Å².